The van der Waals surface area contributed by atoms with Crippen LogP contribution in [0, 0.1) is 5.92 Å². The first kappa shape index (κ1) is 13.0. The maximum absolute atomic E-state index is 5.52. The maximum Gasteiger partial charge on any atom is 0.0594 e. The van der Waals surface area contributed by atoms with Crippen LogP contribution in [0.3, 0.4) is 0 Å². The van der Waals surface area contributed by atoms with Crippen molar-refractivity contribution in [3.8, 4) is 0 Å². The average Bonchev–Trinajstić information content (AvgIpc) is 2.38. The van der Waals surface area contributed by atoms with Gasteiger partial charge in [0.25, 0.3) is 0 Å². The van der Waals surface area contributed by atoms with E-state index in [-0.39, 0.29) is 0 Å². The lowest BCUT2D eigenvalue weighted by Crippen LogP contribution is -2.32. The van der Waals surface area contributed by atoms with Gasteiger partial charge in [0.1, 0.15) is 0 Å². The fraction of sp³-hybridized carbons (Fsp3) is 1.00. The smallest absolute Gasteiger partial charge is 0.0594 e. The van der Waals surface area contributed by atoms with Gasteiger partial charge in [-0.05, 0) is 39.0 Å². The molecule has 1 aliphatic carbocycles. The number of ether oxygens (including phenoxy) is 1. The Morgan fingerprint density at radius 1 is 1.20 bits per heavy atom. The van der Waals surface area contributed by atoms with E-state index in [1.165, 1.54) is 32.1 Å². The molecule has 1 aliphatic rings. The fourth-order valence-corrected chi connectivity index (χ4v) is 2.25. The second kappa shape index (κ2) is 7.24. The molecule has 1 rings (SSSR count). The van der Waals surface area contributed by atoms with Crippen molar-refractivity contribution >= 4 is 0 Å². The molecule has 0 aromatic rings. The van der Waals surface area contributed by atoms with E-state index in [1.54, 1.807) is 0 Å². The van der Waals surface area contributed by atoms with Crippen LogP contribution in [-0.4, -0.2) is 25.3 Å². The molecule has 0 radical (unpaired) electrons. The molecule has 2 unspecified atom stereocenters. The van der Waals surface area contributed by atoms with Crippen LogP contribution in [0.15, 0.2) is 0 Å². The summed E-state index contributed by atoms with van der Waals surface area (Å²) in [4.78, 5) is 0. The van der Waals surface area contributed by atoms with Gasteiger partial charge in [-0.1, -0.05) is 19.8 Å². The predicted molar refractivity (Wildman–Crippen MR) is 65.1 cm³/mol. The summed E-state index contributed by atoms with van der Waals surface area (Å²) in [7, 11) is 0. The van der Waals surface area contributed by atoms with Gasteiger partial charge in [0.15, 0.2) is 0 Å². The van der Waals surface area contributed by atoms with Gasteiger partial charge in [-0.15, -0.1) is 0 Å². The Hall–Kier alpha value is -0.0800. The lowest BCUT2D eigenvalue weighted by atomic mass is 10.0. The Morgan fingerprint density at radius 3 is 2.73 bits per heavy atom. The van der Waals surface area contributed by atoms with E-state index < -0.39 is 0 Å². The van der Waals surface area contributed by atoms with Gasteiger partial charge < -0.3 is 10.1 Å². The second-order valence-corrected chi connectivity index (χ2v) is 5.18. The van der Waals surface area contributed by atoms with Crippen molar-refractivity contribution in [3.63, 3.8) is 0 Å². The zero-order valence-electron chi connectivity index (χ0n) is 10.6. The monoisotopic (exact) mass is 213 g/mol. The molecule has 1 fully saturated rings. The third kappa shape index (κ3) is 6.16. The van der Waals surface area contributed by atoms with E-state index in [0.717, 1.165) is 25.1 Å². The normalized spacial score (nSPS) is 28.0. The molecule has 1 saturated carbocycles. The summed E-state index contributed by atoms with van der Waals surface area (Å²) in [5.41, 5.74) is 0. The first-order valence-electron chi connectivity index (χ1n) is 6.53. The molecule has 0 bridgehead atoms. The summed E-state index contributed by atoms with van der Waals surface area (Å²) in [5.74, 6) is 0.934. The van der Waals surface area contributed by atoms with Crippen LogP contribution in [-0.2, 0) is 4.74 Å². The first-order valence-corrected chi connectivity index (χ1v) is 6.53. The van der Waals surface area contributed by atoms with Crippen molar-refractivity contribution in [1.29, 1.82) is 0 Å². The molecule has 2 nitrogen and oxygen atoms in total. The molecular formula is C13H27NO. The minimum atomic E-state index is 0.362. The molecule has 0 spiro atoms. The van der Waals surface area contributed by atoms with Crippen LogP contribution in [0.4, 0.5) is 0 Å². The van der Waals surface area contributed by atoms with E-state index in [4.69, 9.17) is 4.74 Å². The van der Waals surface area contributed by atoms with Crippen molar-refractivity contribution in [2.24, 2.45) is 5.92 Å². The van der Waals surface area contributed by atoms with Gasteiger partial charge in [0.2, 0.25) is 0 Å². The van der Waals surface area contributed by atoms with Gasteiger partial charge in [0.05, 0.1) is 12.7 Å². The Kier molecular flexibility index (Phi) is 6.26. The highest BCUT2D eigenvalue weighted by molar-refractivity contribution is 4.73. The highest BCUT2D eigenvalue weighted by atomic mass is 16.5. The molecule has 0 saturated heterocycles. The van der Waals surface area contributed by atoms with E-state index in [1.807, 2.05) is 0 Å². The molecule has 15 heavy (non-hydrogen) atoms. The van der Waals surface area contributed by atoms with Gasteiger partial charge in [-0.25, -0.2) is 0 Å². The summed E-state index contributed by atoms with van der Waals surface area (Å²) in [6.07, 6.45) is 7.27. The number of nitrogens with one attached hydrogen (secondary N) is 1. The van der Waals surface area contributed by atoms with Crippen molar-refractivity contribution in [2.45, 2.75) is 65.0 Å². The average molecular weight is 213 g/mol. The quantitative estimate of drug-likeness (QED) is 0.560. The first-order chi connectivity index (χ1) is 7.18. The van der Waals surface area contributed by atoms with Crippen LogP contribution in [0.5, 0.6) is 0 Å². The van der Waals surface area contributed by atoms with Gasteiger partial charge in [0, 0.05) is 12.6 Å². The molecule has 1 N–H and O–H groups in total. The molecule has 90 valence electrons. The summed E-state index contributed by atoms with van der Waals surface area (Å²) in [5, 5.41) is 3.61. The molecule has 0 amide bonds. The lowest BCUT2D eigenvalue weighted by molar-refractivity contribution is 0.0790. The second-order valence-electron chi connectivity index (χ2n) is 5.18. The van der Waals surface area contributed by atoms with Crippen molar-refractivity contribution in [3.05, 3.63) is 0 Å². The number of hydrogen-bond acceptors (Lipinski definition) is 2. The highest BCUT2D eigenvalue weighted by Crippen LogP contribution is 2.22. The molecule has 0 aromatic carbocycles. The summed E-state index contributed by atoms with van der Waals surface area (Å²) in [6, 6.07) is 0.741. The zero-order valence-corrected chi connectivity index (χ0v) is 10.6. The van der Waals surface area contributed by atoms with Gasteiger partial charge >= 0.3 is 0 Å². The van der Waals surface area contributed by atoms with Crippen molar-refractivity contribution in [2.75, 3.05) is 13.2 Å². The molecular weight excluding hydrogens is 186 g/mol. The van der Waals surface area contributed by atoms with Crippen molar-refractivity contribution < 1.29 is 4.74 Å². The van der Waals surface area contributed by atoms with E-state index in [2.05, 4.69) is 26.1 Å². The largest absolute Gasteiger partial charge is 0.377 e. The Labute approximate surface area is 94.8 Å². The maximum atomic E-state index is 5.52. The topological polar surface area (TPSA) is 21.3 Å². The van der Waals surface area contributed by atoms with E-state index >= 15 is 0 Å². The van der Waals surface area contributed by atoms with E-state index in [9.17, 15) is 0 Å². The number of hydrogen-bond donors (Lipinski definition) is 1. The standard InChI is InChI=1S/C13H27NO/c1-11(2)15-10-9-14-13-6-4-5-12(3)7-8-13/h11-14H,4-10H2,1-3H3. The van der Waals surface area contributed by atoms with Crippen LogP contribution >= 0.6 is 0 Å². The fourth-order valence-electron chi connectivity index (χ4n) is 2.25. The summed E-state index contributed by atoms with van der Waals surface area (Å²) >= 11 is 0. The molecule has 0 heterocycles. The third-order valence-electron chi connectivity index (χ3n) is 3.24. The SMILES string of the molecule is CC1CCCC(NCCOC(C)C)CC1. The predicted octanol–water partition coefficient (Wildman–Crippen LogP) is 2.97. The molecule has 2 atom stereocenters. The molecule has 2 heteroatoms. The third-order valence-corrected chi connectivity index (χ3v) is 3.24. The number of rotatable bonds is 5. The Bertz CT molecular complexity index is 159. The molecule has 0 aromatic heterocycles. The Morgan fingerprint density at radius 2 is 2.00 bits per heavy atom. The Balaban J connectivity index is 2.05. The lowest BCUT2D eigenvalue weighted by Gasteiger charge is -2.17. The van der Waals surface area contributed by atoms with Crippen molar-refractivity contribution in [1.82, 2.24) is 5.32 Å². The van der Waals surface area contributed by atoms with Gasteiger partial charge in [-0.2, -0.15) is 0 Å². The molecule has 0 aliphatic heterocycles. The minimum absolute atomic E-state index is 0.362. The van der Waals surface area contributed by atoms with Crippen LogP contribution in [0.25, 0.3) is 0 Å². The summed E-state index contributed by atoms with van der Waals surface area (Å²) < 4.78 is 5.52. The minimum Gasteiger partial charge on any atom is -0.377 e. The van der Waals surface area contributed by atoms with E-state index in [0.29, 0.717) is 6.10 Å². The zero-order chi connectivity index (χ0) is 11.1. The summed E-state index contributed by atoms with van der Waals surface area (Å²) in [6.45, 7) is 8.42. The van der Waals surface area contributed by atoms with Gasteiger partial charge in [-0.3, -0.25) is 0 Å². The van der Waals surface area contributed by atoms with Crippen LogP contribution in [0.1, 0.15) is 52.9 Å². The van der Waals surface area contributed by atoms with Crippen LogP contribution < -0.4 is 5.32 Å². The highest BCUT2D eigenvalue weighted by Gasteiger charge is 2.15. The van der Waals surface area contributed by atoms with Crippen LogP contribution in [0.2, 0.25) is 0 Å².